The molecule has 37 heavy (non-hydrogen) atoms. The van der Waals surface area contributed by atoms with Crippen LogP contribution in [0.25, 0.3) is 5.57 Å². The van der Waals surface area contributed by atoms with Gasteiger partial charge in [-0.1, -0.05) is 27.4 Å². The number of allylic oxidation sites excluding steroid dienone is 1. The van der Waals surface area contributed by atoms with Gasteiger partial charge in [-0.15, -0.1) is 0 Å². The van der Waals surface area contributed by atoms with E-state index < -0.39 is 38.7 Å². The zero-order chi connectivity index (χ0) is 28.2. The lowest BCUT2D eigenvalue weighted by molar-refractivity contribution is -0.141. The predicted octanol–water partition coefficient (Wildman–Crippen LogP) is 5.17. The molecule has 1 fully saturated rings. The molecule has 1 aliphatic carbocycles. The van der Waals surface area contributed by atoms with Crippen molar-refractivity contribution in [1.82, 2.24) is 4.31 Å². The van der Waals surface area contributed by atoms with Crippen LogP contribution in [0.1, 0.15) is 64.5 Å². The number of sulfonamides is 1. The third kappa shape index (κ3) is 7.91. The van der Waals surface area contributed by atoms with Gasteiger partial charge in [-0.3, -0.25) is 9.79 Å². The Kier molecular flexibility index (Phi) is 9.75. The Hall–Kier alpha value is -2.66. The molecule has 1 aliphatic rings. The van der Waals surface area contributed by atoms with Crippen LogP contribution in [0.3, 0.4) is 0 Å². The maximum absolute atomic E-state index is 13.7. The number of alkyl halides is 3. The lowest BCUT2D eigenvalue weighted by atomic mass is 9.85. The molecule has 0 amide bonds. The van der Waals surface area contributed by atoms with Crippen molar-refractivity contribution in [3.63, 3.8) is 0 Å². The minimum absolute atomic E-state index is 0.117. The van der Waals surface area contributed by atoms with Gasteiger partial charge in [0, 0.05) is 24.5 Å². The minimum atomic E-state index is -4.75. The van der Waals surface area contributed by atoms with Gasteiger partial charge in [0.2, 0.25) is 10.0 Å². The average Bonchev–Trinajstić information content (AvgIpc) is 2.80. The van der Waals surface area contributed by atoms with Gasteiger partial charge in [-0.25, -0.2) is 8.42 Å². The standard InChI is InChI=1S/C26H36F3N3O4S/c1-7-36-24(33)16-31-22-9-8-10-23(21(22)15-30)32(6)37(34,35)20-12-18(17(2)14-25(3,4)5)11-19(13-20)26(27,28)29/h11-13,15,23H,2,7-10,14,16,30H2,1,3-6H3. The molecule has 0 bridgehead atoms. The van der Waals surface area contributed by atoms with E-state index in [4.69, 9.17) is 10.5 Å². The van der Waals surface area contributed by atoms with Crippen molar-refractivity contribution >= 4 is 27.3 Å². The largest absolute Gasteiger partial charge is 0.465 e. The Bertz CT molecular complexity index is 1180. The lowest BCUT2D eigenvalue weighted by Crippen LogP contribution is -2.42. The summed E-state index contributed by atoms with van der Waals surface area (Å²) in [5.74, 6) is -0.526. The molecule has 2 N–H and O–H groups in total. The predicted molar refractivity (Wildman–Crippen MR) is 138 cm³/mol. The first kappa shape index (κ1) is 30.6. The van der Waals surface area contributed by atoms with E-state index in [9.17, 15) is 26.4 Å². The Balaban J connectivity index is 2.50. The van der Waals surface area contributed by atoms with Crippen molar-refractivity contribution in [3.8, 4) is 0 Å². The van der Waals surface area contributed by atoms with E-state index in [2.05, 4.69) is 11.6 Å². The molecule has 7 nitrogen and oxygen atoms in total. The molecule has 0 aliphatic heterocycles. The minimum Gasteiger partial charge on any atom is -0.465 e. The number of aliphatic imine (C=N–C) groups is 1. The molecule has 11 heteroatoms. The first-order valence-corrected chi connectivity index (χ1v) is 13.4. The maximum atomic E-state index is 13.7. The second-order valence-electron chi connectivity index (χ2n) is 10.2. The van der Waals surface area contributed by atoms with Crippen LogP contribution in [-0.4, -0.2) is 50.6 Å². The van der Waals surface area contributed by atoms with Crippen LogP contribution >= 0.6 is 0 Å². The summed E-state index contributed by atoms with van der Waals surface area (Å²) in [4.78, 5) is 15.5. The van der Waals surface area contributed by atoms with Gasteiger partial charge in [0.25, 0.3) is 0 Å². The van der Waals surface area contributed by atoms with E-state index in [1.165, 1.54) is 19.3 Å². The summed E-state index contributed by atoms with van der Waals surface area (Å²) >= 11 is 0. The SMILES string of the molecule is C=C(CC(C)(C)C)c1cc(C(F)(F)F)cc(S(=O)(=O)N(C)C2CCCC(=NCC(=O)OCC)C2=CN)c1. The van der Waals surface area contributed by atoms with Crippen LogP contribution in [0.4, 0.5) is 13.2 Å². The highest BCUT2D eigenvalue weighted by Crippen LogP contribution is 2.37. The Morgan fingerprint density at radius 3 is 2.46 bits per heavy atom. The van der Waals surface area contributed by atoms with E-state index in [1.807, 2.05) is 20.8 Å². The first-order valence-electron chi connectivity index (χ1n) is 12.0. The fourth-order valence-corrected chi connectivity index (χ4v) is 5.71. The number of benzene rings is 1. The third-order valence-corrected chi connectivity index (χ3v) is 7.81. The Labute approximate surface area is 217 Å². The van der Waals surface area contributed by atoms with Gasteiger partial charge < -0.3 is 10.5 Å². The molecule has 206 valence electrons. The molecule has 1 atom stereocenters. The molecule has 1 aromatic rings. The zero-order valence-corrected chi connectivity index (χ0v) is 22.8. The van der Waals surface area contributed by atoms with E-state index in [0.717, 1.165) is 10.4 Å². The number of carbonyl (C=O) groups excluding carboxylic acids is 1. The molecule has 0 spiro atoms. The summed E-state index contributed by atoms with van der Waals surface area (Å²) in [6.45, 7) is 11.3. The molecule has 0 heterocycles. The number of ether oxygens (including phenoxy) is 1. The average molecular weight is 544 g/mol. The maximum Gasteiger partial charge on any atom is 0.416 e. The summed E-state index contributed by atoms with van der Waals surface area (Å²) in [5, 5.41) is 0. The monoisotopic (exact) mass is 543 g/mol. The van der Waals surface area contributed by atoms with Crippen molar-refractivity contribution in [3.05, 3.63) is 47.7 Å². The van der Waals surface area contributed by atoms with Gasteiger partial charge >= 0.3 is 12.1 Å². The Morgan fingerprint density at radius 1 is 1.27 bits per heavy atom. The second-order valence-corrected chi connectivity index (χ2v) is 12.2. The first-order chi connectivity index (χ1) is 17.0. The summed E-state index contributed by atoms with van der Waals surface area (Å²) in [6, 6.07) is 2.04. The fourth-order valence-electron chi connectivity index (χ4n) is 4.27. The Morgan fingerprint density at radius 2 is 1.92 bits per heavy atom. The van der Waals surface area contributed by atoms with Crippen LogP contribution < -0.4 is 5.73 Å². The van der Waals surface area contributed by atoms with Crippen molar-refractivity contribution in [2.24, 2.45) is 16.1 Å². The van der Waals surface area contributed by atoms with Crippen LogP contribution in [0.5, 0.6) is 0 Å². The van der Waals surface area contributed by atoms with Crippen molar-refractivity contribution in [1.29, 1.82) is 0 Å². The topological polar surface area (TPSA) is 102 Å². The van der Waals surface area contributed by atoms with Crippen LogP contribution in [0.2, 0.25) is 0 Å². The molecule has 0 aromatic heterocycles. The number of halogens is 3. The van der Waals surface area contributed by atoms with Crippen molar-refractivity contribution < 1.29 is 31.1 Å². The van der Waals surface area contributed by atoms with Gasteiger partial charge in [0.1, 0.15) is 6.54 Å². The molecule has 0 radical (unpaired) electrons. The van der Waals surface area contributed by atoms with Crippen molar-refractivity contribution in [2.75, 3.05) is 20.2 Å². The number of rotatable bonds is 8. The number of nitrogens with two attached hydrogens (primary N) is 1. The van der Waals surface area contributed by atoms with E-state index >= 15 is 0 Å². The highest BCUT2D eigenvalue weighted by molar-refractivity contribution is 7.89. The molecule has 1 aromatic carbocycles. The number of hydrogen-bond donors (Lipinski definition) is 1. The number of likely N-dealkylation sites (N-methyl/N-ethyl adjacent to an activating group) is 1. The van der Waals surface area contributed by atoms with Crippen LogP contribution in [-0.2, 0) is 25.7 Å². The normalized spacial score (nSPS) is 19.4. The summed E-state index contributed by atoms with van der Waals surface area (Å²) in [5.41, 5.74) is 5.91. The van der Waals surface area contributed by atoms with E-state index in [0.29, 0.717) is 48.6 Å². The zero-order valence-electron chi connectivity index (χ0n) is 22.0. The van der Waals surface area contributed by atoms with E-state index in [-0.39, 0.29) is 24.1 Å². The number of carbonyl (C=O) groups is 1. The number of esters is 1. The molecular weight excluding hydrogens is 507 g/mol. The molecule has 0 saturated heterocycles. The van der Waals surface area contributed by atoms with Crippen molar-refractivity contribution in [2.45, 2.75) is 70.5 Å². The van der Waals surface area contributed by atoms with Gasteiger partial charge in [-0.2, -0.15) is 17.5 Å². The van der Waals surface area contributed by atoms with Gasteiger partial charge in [0.15, 0.2) is 0 Å². The van der Waals surface area contributed by atoms with E-state index in [1.54, 1.807) is 6.92 Å². The molecule has 1 unspecified atom stereocenters. The smallest absolute Gasteiger partial charge is 0.416 e. The fraction of sp³-hybridized carbons (Fsp3) is 0.538. The molecular formula is C26H36F3N3O4S. The second kappa shape index (κ2) is 11.8. The summed E-state index contributed by atoms with van der Waals surface area (Å²) in [7, 11) is -3.07. The van der Waals surface area contributed by atoms with Crippen LogP contribution in [0.15, 0.2) is 46.4 Å². The summed E-state index contributed by atoms with van der Waals surface area (Å²) < 4.78 is 74.4. The lowest BCUT2D eigenvalue weighted by Gasteiger charge is -2.33. The summed E-state index contributed by atoms with van der Waals surface area (Å²) in [6.07, 6.45) is -1.71. The quantitative estimate of drug-likeness (QED) is 0.456. The highest BCUT2D eigenvalue weighted by Gasteiger charge is 2.37. The molecule has 2 rings (SSSR count). The van der Waals surface area contributed by atoms with Gasteiger partial charge in [-0.05, 0) is 67.4 Å². The number of hydrogen-bond acceptors (Lipinski definition) is 6. The highest BCUT2D eigenvalue weighted by atomic mass is 32.2. The van der Waals surface area contributed by atoms with Gasteiger partial charge in [0.05, 0.1) is 23.1 Å². The van der Waals surface area contributed by atoms with Crippen LogP contribution in [0, 0.1) is 5.41 Å². The third-order valence-electron chi connectivity index (χ3n) is 5.97. The number of nitrogens with zero attached hydrogens (tertiary/aromatic N) is 2. The molecule has 1 saturated carbocycles.